The Morgan fingerprint density at radius 3 is 2.58 bits per heavy atom. The van der Waals surface area contributed by atoms with Gasteiger partial charge in [0.1, 0.15) is 5.82 Å². The van der Waals surface area contributed by atoms with Gasteiger partial charge in [0.25, 0.3) is 0 Å². The molecule has 5 heterocycles. The SMILES string of the molecule is OC1CC2CCC(C1)N2c1ccc2sc(N3CCOCC3)nc2n1. The Kier molecular flexibility index (Phi) is 3.61. The minimum absolute atomic E-state index is 0.144. The molecular weight excluding hydrogens is 324 g/mol. The van der Waals surface area contributed by atoms with Crippen molar-refractivity contribution in [2.24, 2.45) is 0 Å². The summed E-state index contributed by atoms with van der Waals surface area (Å²) in [5.74, 6) is 1.03. The van der Waals surface area contributed by atoms with Crippen LogP contribution in [0.3, 0.4) is 0 Å². The Labute approximate surface area is 145 Å². The Morgan fingerprint density at radius 2 is 1.83 bits per heavy atom. The summed E-state index contributed by atoms with van der Waals surface area (Å²) in [4.78, 5) is 14.4. The first kappa shape index (κ1) is 14.9. The third kappa shape index (κ3) is 2.46. The number of aliphatic hydroxyl groups excluding tert-OH is 1. The lowest BCUT2D eigenvalue weighted by molar-refractivity contribution is 0.122. The molecule has 0 spiro atoms. The van der Waals surface area contributed by atoms with Gasteiger partial charge in [0.2, 0.25) is 0 Å². The number of rotatable bonds is 2. The van der Waals surface area contributed by atoms with Crippen LogP contribution in [0.1, 0.15) is 25.7 Å². The van der Waals surface area contributed by atoms with Crippen molar-refractivity contribution in [3.05, 3.63) is 12.1 Å². The predicted molar refractivity (Wildman–Crippen MR) is 95.0 cm³/mol. The van der Waals surface area contributed by atoms with E-state index in [-0.39, 0.29) is 6.10 Å². The fraction of sp³-hybridized carbons (Fsp3) is 0.647. The number of piperidine rings is 1. The maximum Gasteiger partial charge on any atom is 0.188 e. The Bertz CT molecular complexity index is 731. The first-order valence-electron chi connectivity index (χ1n) is 8.84. The van der Waals surface area contributed by atoms with E-state index in [4.69, 9.17) is 14.7 Å². The zero-order valence-electron chi connectivity index (χ0n) is 13.6. The van der Waals surface area contributed by atoms with E-state index in [9.17, 15) is 5.11 Å². The second kappa shape index (κ2) is 5.82. The van der Waals surface area contributed by atoms with Crippen LogP contribution < -0.4 is 9.80 Å². The topological polar surface area (TPSA) is 61.7 Å². The fourth-order valence-corrected chi connectivity index (χ4v) is 5.31. The molecule has 3 aliphatic rings. The number of pyridine rings is 1. The van der Waals surface area contributed by atoms with Gasteiger partial charge in [0.15, 0.2) is 10.8 Å². The van der Waals surface area contributed by atoms with Gasteiger partial charge in [-0.2, -0.15) is 4.98 Å². The van der Waals surface area contributed by atoms with Gasteiger partial charge in [-0.15, -0.1) is 0 Å². The summed E-state index contributed by atoms with van der Waals surface area (Å²) in [6.07, 6.45) is 3.92. The number of aliphatic hydroxyl groups is 1. The molecule has 3 saturated heterocycles. The largest absolute Gasteiger partial charge is 0.393 e. The zero-order valence-corrected chi connectivity index (χ0v) is 14.4. The summed E-state index contributed by atoms with van der Waals surface area (Å²) < 4.78 is 6.57. The lowest BCUT2D eigenvalue weighted by Crippen LogP contribution is -2.45. The lowest BCUT2D eigenvalue weighted by atomic mass is 10.00. The monoisotopic (exact) mass is 346 g/mol. The third-order valence-corrected chi connectivity index (χ3v) is 6.55. The Hall–Kier alpha value is -1.44. The van der Waals surface area contributed by atoms with Gasteiger partial charge in [-0.25, -0.2) is 4.98 Å². The summed E-state index contributed by atoms with van der Waals surface area (Å²) in [6, 6.07) is 5.15. The normalized spacial score (nSPS) is 30.3. The van der Waals surface area contributed by atoms with Crippen LogP contribution in [0.4, 0.5) is 10.9 Å². The van der Waals surface area contributed by atoms with Crippen LogP contribution in [-0.2, 0) is 4.74 Å². The summed E-state index contributed by atoms with van der Waals surface area (Å²) >= 11 is 1.72. The zero-order chi connectivity index (χ0) is 16.1. The molecule has 0 amide bonds. The van der Waals surface area contributed by atoms with Crippen molar-refractivity contribution >= 4 is 32.6 Å². The minimum Gasteiger partial charge on any atom is -0.393 e. The lowest BCUT2D eigenvalue weighted by Gasteiger charge is -2.38. The molecule has 3 aliphatic heterocycles. The molecule has 2 aromatic rings. The number of fused-ring (bicyclic) bond motifs is 3. The highest BCUT2D eigenvalue weighted by Crippen LogP contribution is 2.39. The smallest absolute Gasteiger partial charge is 0.188 e. The molecular formula is C17H22N4O2S. The summed E-state index contributed by atoms with van der Waals surface area (Å²) in [5, 5.41) is 11.1. The second-order valence-electron chi connectivity index (χ2n) is 7.00. The highest BCUT2D eigenvalue weighted by atomic mass is 32.1. The number of aromatic nitrogens is 2. The van der Waals surface area contributed by atoms with Gasteiger partial charge in [-0.05, 0) is 37.8 Å². The first-order valence-corrected chi connectivity index (χ1v) is 9.66. The van der Waals surface area contributed by atoms with E-state index in [1.165, 1.54) is 0 Å². The molecule has 0 aliphatic carbocycles. The summed E-state index contributed by atoms with van der Waals surface area (Å²) in [7, 11) is 0. The molecule has 2 unspecified atom stereocenters. The molecule has 3 fully saturated rings. The number of nitrogens with zero attached hydrogens (tertiary/aromatic N) is 4. The quantitative estimate of drug-likeness (QED) is 0.898. The first-order chi connectivity index (χ1) is 11.8. The summed E-state index contributed by atoms with van der Waals surface area (Å²) in [6.45, 7) is 3.35. The number of thiazole rings is 1. The van der Waals surface area contributed by atoms with E-state index >= 15 is 0 Å². The van der Waals surface area contributed by atoms with Crippen LogP contribution in [0.5, 0.6) is 0 Å². The molecule has 5 rings (SSSR count). The van der Waals surface area contributed by atoms with Crippen molar-refractivity contribution in [2.75, 3.05) is 36.1 Å². The predicted octanol–water partition coefficient (Wildman–Crippen LogP) is 2.02. The standard InChI is InChI=1S/C17H22N4O2S/c22-13-9-11-1-2-12(10-13)21(11)15-4-3-14-16(18-15)19-17(24-14)20-5-7-23-8-6-20/h3-4,11-13,22H,1-2,5-10H2. The average molecular weight is 346 g/mol. The van der Waals surface area contributed by atoms with E-state index in [1.54, 1.807) is 11.3 Å². The molecule has 7 heteroatoms. The number of hydrogen-bond donors (Lipinski definition) is 1. The third-order valence-electron chi connectivity index (χ3n) is 5.48. The van der Waals surface area contributed by atoms with Crippen LogP contribution >= 0.6 is 11.3 Å². The van der Waals surface area contributed by atoms with Crippen molar-refractivity contribution < 1.29 is 9.84 Å². The molecule has 24 heavy (non-hydrogen) atoms. The van der Waals surface area contributed by atoms with E-state index in [1.807, 2.05) is 0 Å². The molecule has 2 bridgehead atoms. The number of hydrogen-bond acceptors (Lipinski definition) is 7. The molecule has 6 nitrogen and oxygen atoms in total. The van der Waals surface area contributed by atoms with E-state index in [0.29, 0.717) is 12.1 Å². The average Bonchev–Trinajstić information content (AvgIpc) is 3.14. The van der Waals surface area contributed by atoms with E-state index in [0.717, 1.165) is 73.3 Å². The highest BCUT2D eigenvalue weighted by molar-refractivity contribution is 7.22. The molecule has 0 radical (unpaired) electrons. The van der Waals surface area contributed by atoms with Gasteiger partial charge >= 0.3 is 0 Å². The van der Waals surface area contributed by atoms with Gasteiger partial charge in [0.05, 0.1) is 24.0 Å². The van der Waals surface area contributed by atoms with Crippen LogP contribution in [0.2, 0.25) is 0 Å². The van der Waals surface area contributed by atoms with Gasteiger partial charge < -0.3 is 19.6 Å². The van der Waals surface area contributed by atoms with Crippen molar-refractivity contribution in [3.63, 3.8) is 0 Å². The Morgan fingerprint density at radius 1 is 1.08 bits per heavy atom. The summed E-state index contributed by atoms with van der Waals surface area (Å²) in [5.41, 5.74) is 0.851. The molecule has 0 aromatic carbocycles. The van der Waals surface area contributed by atoms with Gasteiger partial charge in [-0.1, -0.05) is 11.3 Å². The van der Waals surface area contributed by atoms with Crippen LogP contribution in [-0.4, -0.2) is 59.6 Å². The van der Waals surface area contributed by atoms with Gasteiger partial charge in [-0.3, -0.25) is 0 Å². The number of anilines is 2. The molecule has 1 N–H and O–H groups in total. The van der Waals surface area contributed by atoms with E-state index < -0.39 is 0 Å². The van der Waals surface area contributed by atoms with Crippen molar-refractivity contribution in [1.29, 1.82) is 0 Å². The van der Waals surface area contributed by atoms with Crippen LogP contribution in [0.25, 0.3) is 10.3 Å². The molecule has 128 valence electrons. The van der Waals surface area contributed by atoms with Crippen molar-refractivity contribution in [3.8, 4) is 0 Å². The van der Waals surface area contributed by atoms with Crippen LogP contribution in [0, 0.1) is 0 Å². The van der Waals surface area contributed by atoms with Crippen LogP contribution in [0.15, 0.2) is 12.1 Å². The number of morpholine rings is 1. The molecule has 0 saturated carbocycles. The fourth-order valence-electron chi connectivity index (χ4n) is 4.35. The highest BCUT2D eigenvalue weighted by Gasteiger charge is 2.40. The van der Waals surface area contributed by atoms with Gasteiger partial charge in [0, 0.05) is 25.2 Å². The molecule has 2 aromatic heterocycles. The maximum absolute atomic E-state index is 10.0. The van der Waals surface area contributed by atoms with Crippen molar-refractivity contribution in [2.45, 2.75) is 43.9 Å². The minimum atomic E-state index is -0.144. The maximum atomic E-state index is 10.0. The van der Waals surface area contributed by atoms with E-state index in [2.05, 4.69) is 21.9 Å². The Balaban J connectivity index is 1.45. The van der Waals surface area contributed by atoms with Crippen molar-refractivity contribution in [1.82, 2.24) is 9.97 Å². The second-order valence-corrected chi connectivity index (χ2v) is 8.01. The molecule has 2 atom stereocenters. The number of ether oxygens (including phenoxy) is 1.